The largest absolute Gasteiger partial charge is 0.374 e. The highest BCUT2D eigenvalue weighted by Crippen LogP contribution is 2.39. The molecule has 9 nitrogen and oxygen atoms in total. The summed E-state index contributed by atoms with van der Waals surface area (Å²) in [5, 5.41) is 13.1. The number of aromatic nitrogens is 1. The third kappa shape index (κ3) is 11.2. The maximum Gasteiger partial charge on any atom is 0.272 e. The maximum atomic E-state index is 12.5. The van der Waals surface area contributed by atoms with E-state index < -0.39 is 35.6 Å². The van der Waals surface area contributed by atoms with Crippen LogP contribution in [0.1, 0.15) is 50.3 Å². The summed E-state index contributed by atoms with van der Waals surface area (Å²) < 4.78 is 32.7. The lowest BCUT2D eigenvalue weighted by atomic mass is 9.98. The fraction of sp³-hybridized carbons (Fsp3) is 0.410. The van der Waals surface area contributed by atoms with Crippen LogP contribution < -0.4 is 0 Å². The Bertz CT molecular complexity index is 1530. The lowest BCUT2D eigenvalue weighted by molar-refractivity contribution is -0.537. The van der Waals surface area contributed by atoms with Gasteiger partial charge in [0.2, 0.25) is 0 Å². The molecule has 0 aliphatic carbocycles. The third-order valence-electron chi connectivity index (χ3n) is 8.47. The summed E-state index contributed by atoms with van der Waals surface area (Å²) in [6, 6.07) is 35.4. The highest BCUT2D eigenvalue weighted by atomic mass is 32.2. The number of thioether (sulfide) groups is 1. The van der Waals surface area contributed by atoms with Gasteiger partial charge in [-0.05, 0) is 46.5 Å². The van der Waals surface area contributed by atoms with E-state index in [1.807, 2.05) is 111 Å². The van der Waals surface area contributed by atoms with Crippen molar-refractivity contribution in [3.05, 3.63) is 142 Å². The molecular weight excluding hydrogens is 641 g/mol. The summed E-state index contributed by atoms with van der Waals surface area (Å²) in [6.07, 6.45) is -0.396. The molecule has 1 unspecified atom stereocenters. The Labute approximate surface area is 293 Å². The fourth-order valence-electron chi connectivity index (χ4n) is 5.70. The summed E-state index contributed by atoms with van der Waals surface area (Å²) in [6.45, 7) is 7.06. The second-order valence-corrected chi connectivity index (χ2v) is 14.3. The number of benzene rings is 3. The van der Waals surface area contributed by atoms with E-state index in [-0.39, 0.29) is 23.9 Å². The molecule has 0 amide bonds. The summed E-state index contributed by atoms with van der Waals surface area (Å²) in [5.74, 6) is -0.0317. The van der Waals surface area contributed by atoms with Crippen molar-refractivity contribution in [2.24, 2.45) is 5.92 Å². The number of hydrogen-bond acceptors (Lipinski definition) is 9. The average molecular weight is 687 g/mol. The van der Waals surface area contributed by atoms with Crippen molar-refractivity contribution < 1.29 is 28.6 Å². The molecule has 0 radical (unpaired) electrons. The number of nitro groups is 1. The van der Waals surface area contributed by atoms with E-state index in [0.717, 1.165) is 28.5 Å². The van der Waals surface area contributed by atoms with Gasteiger partial charge in [0.15, 0.2) is 6.29 Å². The van der Waals surface area contributed by atoms with Gasteiger partial charge >= 0.3 is 0 Å². The highest BCUT2D eigenvalue weighted by Gasteiger charge is 2.46. The van der Waals surface area contributed by atoms with Crippen LogP contribution in [0.15, 0.2) is 120 Å². The molecule has 1 aliphatic heterocycles. The van der Waals surface area contributed by atoms with Gasteiger partial charge in [-0.3, -0.25) is 10.1 Å². The molecule has 1 aliphatic rings. The first kappa shape index (κ1) is 36.6. The zero-order chi connectivity index (χ0) is 34.5. The van der Waals surface area contributed by atoms with Crippen molar-refractivity contribution in [3.63, 3.8) is 0 Å². The van der Waals surface area contributed by atoms with E-state index in [4.69, 9.17) is 23.7 Å². The normalized spacial score (nSPS) is 21.2. The molecule has 5 rings (SSSR count). The molecule has 4 aromatic rings. The zero-order valence-corrected chi connectivity index (χ0v) is 29.2. The van der Waals surface area contributed by atoms with Crippen molar-refractivity contribution in [2.75, 3.05) is 6.61 Å². The molecule has 0 bridgehead atoms. The van der Waals surface area contributed by atoms with Gasteiger partial charge in [0.25, 0.3) is 4.87 Å². The van der Waals surface area contributed by atoms with Crippen molar-refractivity contribution in [2.45, 2.75) is 94.0 Å². The molecule has 0 spiro atoms. The quantitative estimate of drug-likeness (QED) is 0.0445. The first-order chi connectivity index (χ1) is 23.8. The Hall–Kier alpha value is -3.64. The van der Waals surface area contributed by atoms with Crippen LogP contribution >= 0.6 is 11.8 Å². The van der Waals surface area contributed by atoms with Crippen molar-refractivity contribution in [3.8, 4) is 0 Å². The molecule has 1 aromatic heterocycles. The predicted molar refractivity (Wildman–Crippen MR) is 189 cm³/mol. The molecule has 49 heavy (non-hydrogen) atoms. The summed E-state index contributed by atoms with van der Waals surface area (Å²) >= 11 is 1.13. The Morgan fingerprint density at radius 2 is 1.43 bits per heavy atom. The molecule has 0 saturated carbocycles. The molecule has 1 fully saturated rings. The Morgan fingerprint density at radius 3 is 1.98 bits per heavy atom. The van der Waals surface area contributed by atoms with Gasteiger partial charge in [0, 0.05) is 24.5 Å². The number of hydrogen-bond donors (Lipinski definition) is 0. The molecular formula is C39H46N2O7S. The van der Waals surface area contributed by atoms with Crippen LogP contribution in [0.2, 0.25) is 0 Å². The lowest BCUT2D eigenvalue weighted by Crippen LogP contribution is -2.54. The molecule has 0 N–H and O–H groups in total. The van der Waals surface area contributed by atoms with E-state index in [0.29, 0.717) is 31.3 Å². The summed E-state index contributed by atoms with van der Waals surface area (Å²) in [7, 11) is 0. The van der Waals surface area contributed by atoms with Gasteiger partial charge in [0.05, 0.1) is 45.1 Å². The topological polar surface area (TPSA) is 102 Å². The van der Waals surface area contributed by atoms with E-state index in [1.54, 1.807) is 25.3 Å². The van der Waals surface area contributed by atoms with Crippen LogP contribution in [0.5, 0.6) is 0 Å². The van der Waals surface area contributed by atoms with Crippen molar-refractivity contribution in [1.82, 2.24) is 4.98 Å². The Balaban J connectivity index is 1.37. The van der Waals surface area contributed by atoms with Crippen LogP contribution in [0.25, 0.3) is 0 Å². The molecule has 6 atom stereocenters. The number of nitrogens with zero attached hydrogens (tertiary/aromatic N) is 2. The number of rotatable bonds is 18. The monoisotopic (exact) mass is 686 g/mol. The minimum absolute atomic E-state index is 0.0317. The van der Waals surface area contributed by atoms with Crippen LogP contribution in [0.4, 0.5) is 0 Å². The second-order valence-electron chi connectivity index (χ2n) is 12.8. The van der Waals surface area contributed by atoms with Crippen molar-refractivity contribution >= 4 is 11.8 Å². The Kier molecular flexibility index (Phi) is 13.7. The van der Waals surface area contributed by atoms with Crippen LogP contribution in [0.3, 0.4) is 0 Å². The molecule has 260 valence electrons. The van der Waals surface area contributed by atoms with Gasteiger partial charge in [0.1, 0.15) is 17.2 Å². The van der Waals surface area contributed by atoms with Crippen molar-refractivity contribution in [1.29, 1.82) is 0 Å². The van der Waals surface area contributed by atoms with Gasteiger partial charge in [-0.1, -0.05) is 111 Å². The predicted octanol–water partition coefficient (Wildman–Crippen LogP) is 8.10. The smallest absolute Gasteiger partial charge is 0.272 e. The third-order valence-corrected chi connectivity index (χ3v) is 9.67. The standard InChI is InChI=1S/C39H46N2O7S/c1-29(2)34(24-39(3,41(42)43)49-36-21-13-14-22-40-36)47-37-23-33(45-26-31-17-9-5-10-18-31)38(46-27-32-19-11-6-12-20-32)35(48-37)28-44-25-30-15-7-4-8-16-30/h4-22,29,33-35,37-38H,23-28H2,1-3H3/t33-,34+,35-,37+,38+,39?/m1/s1. The second kappa shape index (κ2) is 18.4. The van der Waals surface area contributed by atoms with Crippen LogP contribution in [-0.2, 0) is 43.5 Å². The Morgan fingerprint density at radius 1 is 0.857 bits per heavy atom. The van der Waals surface area contributed by atoms with Crippen LogP contribution in [-0.4, -0.2) is 52.1 Å². The zero-order valence-electron chi connectivity index (χ0n) is 28.3. The first-order valence-electron chi connectivity index (χ1n) is 16.8. The van der Waals surface area contributed by atoms with Gasteiger partial charge in [-0.25, -0.2) is 4.98 Å². The van der Waals surface area contributed by atoms with Crippen LogP contribution in [0, 0.1) is 16.0 Å². The summed E-state index contributed by atoms with van der Waals surface area (Å²) in [5.41, 5.74) is 3.13. The lowest BCUT2D eigenvalue weighted by Gasteiger charge is -2.43. The molecule has 2 heterocycles. The molecule has 3 aromatic carbocycles. The van der Waals surface area contributed by atoms with Gasteiger partial charge < -0.3 is 23.7 Å². The fourth-order valence-corrected chi connectivity index (χ4v) is 6.73. The first-order valence-corrected chi connectivity index (χ1v) is 17.6. The molecule has 10 heteroatoms. The van der Waals surface area contributed by atoms with Gasteiger partial charge in [-0.2, -0.15) is 0 Å². The molecule has 1 saturated heterocycles. The SMILES string of the molecule is CC(C)[C@H](CC(C)(Sc1ccccn1)[N+](=O)[O-])O[C@@H]1C[C@@H](OCc2ccccc2)[C@H](OCc2ccccc2)[C@@H](COCc2ccccc2)O1. The number of pyridine rings is 1. The minimum Gasteiger partial charge on any atom is -0.374 e. The minimum atomic E-state index is -1.37. The van der Waals surface area contributed by atoms with E-state index >= 15 is 0 Å². The summed E-state index contributed by atoms with van der Waals surface area (Å²) in [4.78, 5) is 15.2. The highest BCUT2D eigenvalue weighted by molar-refractivity contribution is 8.00. The average Bonchev–Trinajstić information content (AvgIpc) is 3.11. The maximum absolute atomic E-state index is 12.5. The van der Waals surface area contributed by atoms with E-state index in [9.17, 15) is 10.1 Å². The van der Waals surface area contributed by atoms with E-state index in [2.05, 4.69) is 4.98 Å². The van der Waals surface area contributed by atoms with E-state index in [1.165, 1.54) is 0 Å². The van der Waals surface area contributed by atoms with Gasteiger partial charge in [-0.15, -0.1) is 0 Å². The number of ether oxygens (including phenoxy) is 5.